The molecule has 1 aliphatic rings. The summed E-state index contributed by atoms with van der Waals surface area (Å²) < 4.78 is 11.1. The third kappa shape index (κ3) is 4.80. The maximum Gasteiger partial charge on any atom is 0.308 e. The SMILES string of the molecule is C=CCN1C(=O)C(=Cc2cc(Br)c(OC(C)=O)c(OC(C)=O)c2)SC1=S. The molecule has 0 radical (unpaired) electrons. The van der Waals surface area contributed by atoms with Crippen LogP contribution >= 0.6 is 39.9 Å². The van der Waals surface area contributed by atoms with Gasteiger partial charge in [0.15, 0.2) is 11.5 Å². The van der Waals surface area contributed by atoms with Crippen molar-refractivity contribution >= 4 is 68.2 Å². The molecule has 9 heteroatoms. The number of carbonyl (C=O) groups is 3. The fourth-order valence-electron chi connectivity index (χ4n) is 2.08. The summed E-state index contributed by atoms with van der Waals surface area (Å²) in [4.78, 5) is 36.9. The van der Waals surface area contributed by atoms with Crippen molar-refractivity contribution in [2.24, 2.45) is 0 Å². The second-order valence-electron chi connectivity index (χ2n) is 5.10. The van der Waals surface area contributed by atoms with E-state index in [-0.39, 0.29) is 17.4 Å². The van der Waals surface area contributed by atoms with Crippen LogP contribution in [-0.4, -0.2) is 33.6 Å². The smallest absolute Gasteiger partial charge is 0.308 e. The highest BCUT2D eigenvalue weighted by Crippen LogP contribution is 2.39. The predicted octanol–water partition coefficient (Wildman–Crippen LogP) is 3.69. The normalized spacial score (nSPS) is 15.3. The number of esters is 2. The highest BCUT2D eigenvalue weighted by molar-refractivity contribution is 9.10. The molecule has 0 aliphatic carbocycles. The molecule has 136 valence electrons. The van der Waals surface area contributed by atoms with E-state index in [1.807, 2.05) is 0 Å². The van der Waals surface area contributed by atoms with Crippen LogP contribution in [0.5, 0.6) is 11.5 Å². The number of ether oxygens (including phenoxy) is 2. The summed E-state index contributed by atoms with van der Waals surface area (Å²) >= 11 is 9.66. The standard InChI is InChI=1S/C17H14BrNO5S2/c1-4-5-19-16(22)14(26-17(19)25)8-11-6-12(18)15(24-10(3)21)13(7-11)23-9(2)20/h4,6-8H,1,5H2,2-3H3. The van der Waals surface area contributed by atoms with Crippen molar-refractivity contribution in [3.05, 3.63) is 39.7 Å². The molecule has 0 atom stereocenters. The fourth-order valence-corrected chi connectivity index (χ4v) is 3.90. The Labute approximate surface area is 168 Å². The summed E-state index contributed by atoms with van der Waals surface area (Å²) in [6.45, 7) is 6.41. The topological polar surface area (TPSA) is 72.9 Å². The van der Waals surface area contributed by atoms with Gasteiger partial charge < -0.3 is 9.47 Å². The van der Waals surface area contributed by atoms with E-state index < -0.39 is 11.9 Å². The van der Waals surface area contributed by atoms with Crippen molar-refractivity contribution in [3.63, 3.8) is 0 Å². The molecule has 0 unspecified atom stereocenters. The lowest BCUT2D eigenvalue weighted by molar-refractivity contribution is -0.134. The highest BCUT2D eigenvalue weighted by Gasteiger charge is 2.31. The minimum atomic E-state index is -0.570. The number of halogens is 1. The van der Waals surface area contributed by atoms with Gasteiger partial charge in [-0.1, -0.05) is 30.1 Å². The fraction of sp³-hybridized carbons (Fsp3) is 0.176. The van der Waals surface area contributed by atoms with Gasteiger partial charge in [0.1, 0.15) is 4.32 Å². The van der Waals surface area contributed by atoms with Gasteiger partial charge in [0.2, 0.25) is 0 Å². The third-order valence-electron chi connectivity index (χ3n) is 3.01. The summed E-state index contributed by atoms with van der Waals surface area (Å²) in [5.41, 5.74) is 0.572. The number of amides is 1. The largest absolute Gasteiger partial charge is 0.423 e. The number of hydrogen-bond acceptors (Lipinski definition) is 7. The van der Waals surface area contributed by atoms with Crippen LogP contribution in [0.3, 0.4) is 0 Å². The summed E-state index contributed by atoms with van der Waals surface area (Å²) in [7, 11) is 0. The van der Waals surface area contributed by atoms with Crippen molar-refractivity contribution < 1.29 is 23.9 Å². The van der Waals surface area contributed by atoms with E-state index in [1.165, 1.54) is 36.6 Å². The molecule has 6 nitrogen and oxygen atoms in total. The summed E-state index contributed by atoms with van der Waals surface area (Å²) in [5, 5.41) is 0. The van der Waals surface area contributed by atoms with Crippen LogP contribution in [0, 0.1) is 0 Å². The molecule has 0 bridgehead atoms. The minimum Gasteiger partial charge on any atom is -0.423 e. The Balaban J connectivity index is 2.44. The van der Waals surface area contributed by atoms with E-state index >= 15 is 0 Å². The van der Waals surface area contributed by atoms with Crippen molar-refractivity contribution in [1.82, 2.24) is 4.90 Å². The van der Waals surface area contributed by atoms with Crippen LogP contribution in [0.1, 0.15) is 19.4 Å². The van der Waals surface area contributed by atoms with Crippen molar-refractivity contribution in [2.45, 2.75) is 13.8 Å². The highest BCUT2D eigenvalue weighted by atomic mass is 79.9. The summed E-state index contributed by atoms with van der Waals surface area (Å²) in [6, 6.07) is 3.15. The second kappa shape index (κ2) is 8.61. The average molecular weight is 456 g/mol. The molecule has 1 saturated heterocycles. The lowest BCUT2D eigenvalue weighted by atomic mass is 10.2. The Morgan fingerprint density at radius 2 is 1.96 bits per heavy atom. The van der Waals surface area contributed by atoms with Crippen LogP contribution in [0.25, 0.3) is 6.08 Å². The van der Waals surface area contributed by atoms with E-state index in [2.05, 4.69) is 22.5 Å². The summed E-state index contributed by atoms with van der Waals surface area (Å²) in [6.07, 6.45) is 3.22. The van der Waals surface area contributed by atoms with Crippen LogP contribution in [0.15, 0.2) is 34.2 Å². The van der Waals surface area contributed by atoms with E-state index in [9.17, 15) is 14.4 Å². The van der Waals surface area contributed by atoms with Crippen molar-refractivity contribution in [3.8, 4) is 11.5 Å². The lowest BCUT2D eigenvalue weighted by Gasteiger charge is -2.12. The third-order valence-corrected chi connectivity index (χ3v) is 4.98. The zero-order valence-corrected chi connectivity index (χ0v) is 17.1. The van der Waals surface area contributed by atoms with E-state index in [0.717, 1.165) is 0 Å². The zero-order chi connectivity index (χ0) is 19.4. The molecule has 0 saturated carbocycles. The van der Waals surface area contributed by atoms with Gasteiger partial charge in [0, 0.05) is 20.4 Å². The predicted molar refractivity (Wildman–Crippen MR) is 107 cm³/mol. The van der Waals surface area contributed by atoms with E-state index in [1.54, 1.807) is 18.2 Å². The number of thiocarbonyl (C=S) groups is 1. The first-order valence-electron chi connectivity index (χ1n) is 7.29. The van der Waals surface area contributed by atoms with Gasteiger partial charge >= 0.3 is 11.9 Å². The number of nitrogens with zero attached hydrogens (tertiary/aromatic N) is 1. The first-order valence-corrected chi connectivity index (χ1v) is 9.31. The Bertz CT molecular complexity index is 850. The minimum absolute atomic E-state index is 0.0647. The molecule has 26 heavy (non-hydrogen) atoms. The lowest BCUT2D eigenvalue weighted by Crippen LogP contribution is -2.27. The molecule has 1 aromatic carbocycles. The van der Waals surface area contributed by atoms with Gasteiger partial charge in [0.25, 0.3) is 5.91 Å². The molecule has 1 aromatic rings. The van der Waals surface area contributed by atoms with Crippen LogP contribution in [-0.2, 0) is 14.4 Å². The van der Waals surface area contributed by atoms with Gasteiger partial charge in [-0.3, -0.25) is 19.3 Å². The maximum absolute atomic E-state index is 12.4. The first-order chi connectivity index (χ1) is 12.2. The maximum atomic E-state index is 12.4. The van der Waals surface area contributed by atoms with Crippen LogP contribution in [0.4, 0.5) is 0 Å². The molecule has 0 spiro atoms. The Kier molecular flexibility index (Phi) is 6.74. The van der Waals surface area contributed by atoms with Gasteiger partial charge in [-0.05, 0) is 39.7 Å². The molecule has 0 aromatic heterocycles. The average Bonchev–Trinajstić information content (AvgIpc) is 2.78. The van der Waals surface area contributed by atoms with Crippen molar-refractivity contribution in [2.75, 3.05) is 6.54 Å². The Morgan fingerprint density at radius 1 is 1.31 bits per heavy atom. The molecular formula is C17H14BrNO5S2. The molecule has 1 heterocycles. The monoisotopic (exact) mass is 455 g/mol. The number of thioether (sulfide) groups is 1. The molecule has 1 amide bonds. The number of rotatable bonds is 5. The number of benzene rings is 1. The summed E-state index contributed by atoms with van der Waals surface area (Å²) in [5.74, 6) is -1.20. The number of carbonyl (C=O) groups excluding carboxylic acids is 3. The molecular weight excluding hydrogens is 442 g/mol. The van der Waals surface area contributed by atoms with Gasteiger partial charge in [-0.2, -0.15) is 0 Å². The van der Waals surface area contributed by atoms with Crippen LogP contribution < -0.4 is 9.47 Å². The Hall–Kier alpha value is -1.97. The zero-order valence-electron chi connectivity index (χ0n) is 13.9. The second-order valence-corrected chi connectivity index (χ2v) is 7.63. The van der Waals surface area contributed by atoms with E-state index in [0.29, 0.717) is 25.8 Å². The van der Waals surface area contributed by atoms with Gasteiger partial charge in [-0.15, -0.1) is 6.58 Å². The van der Waals surface area contributed by atoms with Gasteiger partial charge in [-0.25, -0.2) is 0 Å². The molecule has 0 N–H and O–H groups in total. The number of hydrogen-bond donors (Lipinski definition) is 0. The Morgan fingerprint density at radius 3 is 2.54 bits per heavy atom. The molecule has 2 rings (SSSR count). The molecule has 1 fully saturated rings. The quantitative estimate of drug-likeness (QED) is 0.220. The first kappa shape index (κ1) is 20.3. The van der Waals surface area contributed by atoms with Crippen LogP contribution in [0.2, 0.25) is 0 Å². The van der Waals surface area contributed by atoms with Gasteiger partial charge in [0.05, 0.1) is 9.38 Å². The van der Waals surface area contributed by atoms with Crippen molar-refractivity contribution in [1.29, 1.82) is 0 Å². The van der Waals surface area contributed by atoms with E-state index in [4.69, 9.17) is 21.7 Å². The molecule has 1 aliphatic heterocycles.